The van der Waals surface area contributed by atoms with Crippen LogP contribution in [0.15, 0.2) is 53.3 Å². The highest BCUT2D eigenvalue weighted by Crippen LogP contribution is 2.17. The first-order valence-electron chi connectivity index (χ1n) is 8.39. The van der Waals surface area contributed by atoms with E-state index >= 15 is 0 Å². The van der Waals surface area contributed by atoms with E-state index < -0.39 is 5.97 Å². The van der Waals surface area contributed by atoms with Gasteiger partial charge in [-0.3, -0.25) is 4.79 Å². The van der Waals surface area contributed by atoms with Gasteiger partial charge in [-0.05, 0) is 31.5 Å². The maximum Gasteiger partial charge on any atom is 0.364 e. The number of benzene rings is 2. The number of carbonyl (C=O) groups excluding carboxylic acids is 1. The Kier molecular flexibility index (Phi) is 4.93. The number of esters is 1. The van der Waals surface area contributed by atoms with Gasteiger partial charge in [-0.25, -0.2) is 9.48 Å². The van der Waals surface area contributed by atoms with Gasteiger partial charge in [0, 0.05) is 11.9 Å². The zero-order chi connectivity index (χ0) is 17.8. The van der Waals surface area contributed by atoms with Gasteiger partial charge in [0.2, 0.25) is 0 Å². The number of ether oxygens (including phenoxy) is 1. The monoisotopic (exact) mass is 336 g/mol. The summed E-state index contributed by atoms with van der Waals surface area (Å²) in [6.45, 7) is 4.48. The third kappa shape index (κ3) is 3.60. The van der Waals surface area contributed by atoms with Crippen LogP contribution in [0.2, 0.25) is 0 Å². The Labute approximate surface area is 145 Å². The maximum absolute atomic E-state index is 12.7. The third-order valence-electron chi connectivity index (χ3n) is 4.02. The molecule has 3 aromatic rings. The van der Waals surface area contributed by atoms with Gasteiger partial charge in [-0.2, -0.15) is 5.10 Å². The summed E-state index contributed by atoms with van der Waals surface area (Å²) in [7, 11) is 0. The van der Waals surface area contributed by atoms with Crippen molar-refractivity contribution >= 4 is 16.7 Å². The van der Waals surface area contributed by atoms with Crippen LogP contribution < -0.4 is 10.3 Å². The van der Waals surface area contributed by atoms with Crippen LogP contribution in [-0.4, -0.2) is 15.7 Å². The molecular weight excluding hydrogens is 316 g/mol. The van der Waals surface area contributed by atoms with Crippen LogP contribution in [-0.2, 0) is 6.54 Å². The molecule has 0 spiro atoms. The molecule has 0 aliphatic heterocycles. The molecule has 0 unspecified atom stereocenters. The Morgan fingerprint density at radius 3 is 2.44 bits per heavy atom. The van der Waals surface area contributed by atoms with E-state index in [1.54, 1.807) is 36.4 Å². The summed E-state index contributed by atoms with van der Waals surface area (Å²) < 4.78 is 6.80. The van der Waals surface area contributed by atoms with E-state index in [4.69, 9.17) is 4.74 Å². The van der Waals surface area contributed by atoms with Crippen molar-refractivity contribution < 1.29 is 9.53 Å². The first-order valence-corrected chi connectivity index (χ1v) is 8.39. The second-order valence-electron chi connectivity index (χ2n) is 5.98. The molecule has 0 fully saturated rings. The quantitative estimate of drug-likeness (QED) is 0.526. The Morgan fingerprint density at radius 1 is 1.08 bits per heavy atom. The first-order chi connectivity index (χ1) is 12.1. The Balaban J connectivity index is 2.04. The lowest BCUT2D eigenvalue weighted by atomic mass is 10.1. The molecule has 0 amide bonds. The lowest BCUT2D eigenvalue weighted by Gasteiger charge is -2.10. The highest BCUT2D eigenvalue weighted by atomic mass is 16.5. The van der Waals surface area contributed by atoms with Gasteiger partial charge in [0.25, 0.3) is 5.56 Å². The zero-order valence-electron chi connectivity index (χ0n) is 14.4. The van der Waals surface area contributed by atoms with Gasteiger partial charge in [0.15, 0.2) is 5.69 Å². The standard InChI is InChI=1S/C20H20N2O3/c1-3-4-13-22-19(23)17-8-6-5-7-16(17)18(21-22)20(24)25-15-11-9-14(2)10-12-15/h5-12H,3-4,13H2,1-2H3. The maximum atomic E-state index is 12.7. The smallest absolute Gasteiger partial charge is 0.364 e. The van der Waals surface area contributed by atoms with Crippen LogP contribution >= 0.6 is 0 Å². The number of nitrogens with zero attached hydrogens (tertiary/aromatic N) is 2. The summed E-state index contributed by atoms with van der Waals surface area (Å²) in [5.41, 5.74) is 1.05. The molecule has 0 radical (unpaired) electrons. The predicted octanol–water partition coefficient (Wildman–Crippen LogP) is 3.72. The summed E-state index contributed by atoms with van der Waals surface area (Å²) in [6.07, 6.45) is 1.75. The van der Waals surface area contributed by atoms with E-state index in [2.05, 4.69) is 5.10 Å². The van der Waals surface area contributed by atoms with Crippen molar-refractivity contribution in [2.45, 2.75) is 33.2 Å². The topological polar surface area (TPSA) is 61.2 Å². The molecule has 0 bridgehead atoms. The molecule has 5 heteroatoms. The van der Waals surface area contributed by atoms with Crippen LogP contribution in [0.3, 0.4) is 0 Å². The lowest BCUT2D eigenvalue weighted by molar-refractivity contribution is 0.0728. The molecule has 1 heterocycles. The van der Waals surface area contributed by atoms with Crippen LogP contribution in [0.1, 0.15) is 35.8 Å². The fraction of sp³-hybridized carbons (Fsp3) is 0.250. The number of hydrogen-bond acceptors (Lipinski definition) is 4. The molecular formula is C20H20N2O3. The Bertz CT molecular complexity index is 959. The van der Waals surface area contributed by atoms with E-state index in [9.17, 15) is 9.59 Å². The van der Waals surface area contributed by atoms with Crippen molar-refractivity contribution in [1.29, 1.82) is 0 Å². The summed E-state index contributed by atoms with van der Waals surface area (Å²) in [6, 6.07) is 14.2. The van der Waals surface area contributed by atoms with E-state index in [0.29, 0.717) is 23.1 Å². The molecule has 0 N–H and O–H groups in total. The van der Waals surface area contributed by atoms with Crippen molar-refractivity contribution in [1.82, 2.24) is 9.78 Å². The van der Waals surface area contributed by atoms with E-state index in [1.807, 2.05) is 26.0 Å². The first kappa shape index (κ1) is 16.9. The van der Waals surface area contributed by atoms with Crippen molar-refractivity contribution in [3.8, 4) is 5.75 Å². The number of rotatable bonds is 5. The lowest BCUT2D eigenvalue weighted by Crippen LogP contribution is -2.27. The fourth-order valence-corrected chi connectivity index (χ4v) is 2.61. The molecule has 2 aromatic carbocycles. The number of fused-ring (bicyclic) bond motifs is 1. The number of unbranched alkanes of at least 4 members (excludes halogenated alkanes) is 1. The molecule has 25 heavy (non-hydrogen) atoms. The molecule has 0 saturated carbocycles. The fourth-order valence-electron chi connectivity index (χ4n) is 2.61. The minimum atomic E-state index is -0.565. The Morgan fingerprint density at radius 2 is 1.76 bits per heavy atom. The SMILES string of the molecule is CCCCn1nc(C(=O)Oc2ccc(C)cc2)c2ccccc2c1=O. The molecule has 0 aliphatic carbocycles. The van der Waals surface area contributed by atoms with E-state index in [0.717, 1.165) is 18.4 Å². The minimum absolute atomic E-state index is 0.159. The largest absolute Gasteiger partial charge is 0.422 e. The number of hydrogen-bond donors (Lipinski definition) is 0. The van der Waals surface area contributed by atoms with Crippen molar-refractivity contribution in [3.63, 3.8) is 0 Å². The molecule has 5 nitrogen and oxygen atoms in total. The van der Waals surface area contributed by atoms with Gasteiger partial charge in [0.1, 0.15) is 5.75 Å². The molecule has 3 rings (SSSR count). The highest BCUT2D eigenvalue weighted by Gasteiger charge is 2.18. The van der Waals surface area contributed by atoms with Crippen LogP contribution in [0.5, 0.6) is 5.75 Å². The summed E-state index contributed by atoms with van der Waals surface area (Å²) in [4.78, 5) is 25.2. The Hall–Kier alpha value is -2.95. The van der Waals surface area contributed by atoms with Crippen LogP contribution in [0, 0.1) is 6.92 Å². The molecule has 0 aliphatic rings. The predicted molar refractivity (Wildman–Crippen MR) is 97.0 cm³/mol. The van der Waals surface area contributed by atoms with Crippen molar-refractivity contribution in [2.75, 3.05) is 0 Å². The number of aryl methyl sites for hydroxylation is 2. The zero-order valence-corrected chi connectivity index (χ0v) is 14.4. The van der Waals surface area contributed by atoms with Crippen molar-refractivity contribution in [2.24, 2.45) is 0 Å². The summed E-state index contributed by atoms with van der Waals surface area (Å²) >= 11 is 0. The van der Waals surface area contributed by atoms with Gasteiger partial charge in [0.05, 0.1) is 5.39 Å². The normalized spacial score (nSPS) is 10.8. The average Bonchev–Trinajstić information content (AvgIpc) is 2.63. The molecule has 0 atom stereocenters. The number of aromatic nitrogens is 2. The average molecular weight is 336 g/mol. The number of carbonyl (C=O) groups is 1. The second kappa shape index (κ2) is 7.30. The van der Waals surface area contributed by atoms with Gasteiger partial charge in [-0.1, -0.05) is 49.2 Å². The summed E-state index contributed by atoms with van der Waals surface area (Å²) in [5, 5.41) is 5.27. The van der Waals surface area contributed by atoms with Crippen LogP contribution in [0.25, 0.3) is 10.8 Å². The van der Waals surface area contributed by atoms with E-state index in [1.165, 1.54) is 4.68 Å². The second-order valence-corrected chi connectivity index (χ2v) is 5.98. The molecule has 0 saturated heterocycles. The minimum Gasteiger partial charge on any atom is -0.422 e. The highest BCUT2D eigenvalue weighted by molar-refractivity contribution is 6.02. The third-order valence-corrected chi connectivity index (χ3v) is 4.02. The van der Waals surface area contributed by atoms with Crippen molar-refractivity contribution in [3.05, 3.63) is 70.1 Å². The molecule has 1 aromatic heterocycles. The van der Waals surface area contributed by atoms with Gasteiger partial charge < -0.3 is 4.74 Å². The van der Waals surface area contributed by atoms with Crippen LogP contribution in [0.4, 0.5) is 0 Å². The summed E-state index contributed by atoms with van der Waals surface area (Å²) in [5.74, 6) is -0.113. The van der Waals surface area contributed by atoms with E-state index in [-0.39, 0.29) is 11.3 Å². The van der Waals surface area contributed by atoms with Gasteiger partial charge >= 0.3 is 5.97 Å². The molecule has 128 valence electrons. The van der Waals surface area contributed by atoms with Gasteiger partial charge in [-0.15, -0.1) is 0 Å².